The summed E-state index contributed by atoms with van der Waals surface area (Å²) in [6, 6.07) is -1.94. The molecule has 1 atom stereocenters. The van der Waals surface area contributed by atoms with Crippen molar-refractivity contribution < 1.29 is 23.4 Å². The Morgan fingerprint density at radius 2 is 1.82 bits per heavy atom. The van der Waals surface area contributed by atoms with Crippen molar-refractivity contribution in [2.45, 2.75) is 12.2 Å². The fraction of sp³-hybridized carbons (Fsp3) is 1.00. The van der Waals surface area contributed by atoms with Gasteiger partial charge in [0, 0.05) is 6.54 Å². The standard InChI is InChI=1S/C5H10F3NO2/c6-5(7,8)4(3-11)9-1-2-10/h4,9-11H,1-3H2. The van der Waals surface area contributed by atoms with Gasteiger partial charge in [-0.2, -0.15) is 13.2 Å². The predicted molar refractivity (Wildman–Crippen MR) is 32.0 cm³/mol. The number of alkyl halides is 3. The maximum Gasteiger partial charge on any atom is 0.406 e. The summed E-state index contributed by atoms with van der Waals surface area (Å²) >= 11 is 0. The quantitative estimate of drug-likeness (QED) is 0.536. The summed E-state index contributed by atoms with van der Waals surface area (Å²) in [5.41, 5.74) is 0. The molecule has 3 N–H and O–H groups in total. The first kappa shape index (κ1) is 10.7. The number of nitrogens with one attached hydrogen (secondary N) is 1. The van der Waals surface area contributed by atoms with E-state index in [4.69, 9.17) is 10.2 Å². The van der Waals surface area contributed by atoms with Crippen molar-refractivity contribution >= 4 is 0 Å². The zero-order valence-corrected chi connectivity index (χ0v) is 5.73. The van der Waals surface area contributed by atoms with Gasteiger partial charge >= 0.3 is 6.18 Å². The first-order valence-corrected chi connectivity index (χ1v) is 3.04. The van der Waals surface area contributed by atoms with Crippen LogP contribution in [0, 0.1) is 0 Å². The Morgan fingerprint density at radius 1 is 1.27 bits per heavy atom. The summed E-state index contributed by atoms with van der Waals surface area (Å²) in [7, 11) is 0. The lowest BCUT2D eigenvalue weighted by atomic mass is 10.3. The Bertz CT molecular complexity index is 106. The molecule has 0 spiro atoms. The van der Waals surface area contributed by atoms with Crippen LogP contribution in [0.15, 0.2) is 0 Å². The molecule has 0 heterocycles. The molecule has 0 aromatic heterocycles. The number of aliphatic hydroxyl groups excluding tert-OH is 2. The van der Waals surface area contributed by atoms with Gasteiger partial charge in [-0.25, -0.2) is 0 Å². The number of hydrogen-bond donors (Lipinski definition) is 3. The fourth-order valence-electron chi connectivity index (χ4n) is 0.523. The number of rotatable bonds is 4. The van der Waals surface area contributed by atoms with Crippen LogP contribution in [0.1, 0.15) is 0 Å². The summed E-state index contributed by atoms with van der Waals surface area (Å²) in [4.78, 5) is 0. The Hall–Kier alpha value is -0.330. The smallest absolute Gasteiger partial charge is 0.395 e. The lowest BCUT2D eigenvalue weighted by molar-refractivity contribution is -0.163. The molecule has 0 aliphatic heterocycles. The largest absolute Gasteiger partial charge is 0.406 e. The minimum atomic E-state index is -4.45. The van der Waals surface area contributed by atoms with Gasteiger partial charge in [0.15, 0.2) is 0 Å². The van der Waals surface area contributed by atoms with E-state index in [1.807, 2.05) is 5.32 Å². The lowest BCUT2D eigenvalue weighted by Crippen LogP contribution is -2.45. The van der Waals surface area contributed by atoms with E-state index >= 15 is 0 Å². The third kappa shape index (κ3) is 4.18. The van der Waals surface area contributed by atoms with Gasteiger partial charge in [-0.1, -0.05) is 0 Å². The van der Waals surface area contributed by atoms with Crippen LogP contribution in [0.3, 0.4) is 0 Å². The molecule has 0 bridgehead atoms. The molecule has 0 aromatic rings. The fourth-order valence-corrected chi connectivity index (χ4v) is 0.523. The van der Waals surface area contributed by atoms with Crippen molar-refractivity contribution in [3.05, 3.63) is 0 Å². The average Bonchev–Trinajstić information content (AvgIpc) is 1.87. The van der Waals surface area contributed by atoms with Crippen molar-refractivity contribution in [2.75, 3.05) is 19.8 Å². The summed E-state index contributed by atoms with van der Waals surface area (Å²) in [5, 5.41) is 18.3. The molecule has 0 aliphatic rings. The summed E-state index contributed by atoms with van der Waals surface area (Å²) < 4.78 is 35.2. The normalized spacial score (nSPS) is 15.0. The topological polar surface area (TPSA) is 52.5 Å². The highest BCUT2D eigenvalue weighted by molar-refractivity contribution is 4.73. The molecule has 0 aromatic carbocycles. The zero-order valence-electron chi connectivity index (χ0n) is 5.73. The minimum absolute atomic E-state index is 0.176. The van der Waals surface area contributed by atoms with E-state index in [-0.39, 0.29) is 13.2 Å². The summed E-state index contributed by atoms with van der Waals surface area (Å²) in [6.07, 6.45) is -4.45. The van der Waals surface area contributed by atoms with Gasteiger partial charge in [0.2, 0.25) is 0 Å². The molecule has 6 heteroatoms. The molecule has 0 saturated heterocycles. The Labute approximate surface area is 61.8 Å². The molecular weight excluding hydrogens is 163 g/mol. The second-order valence-corrected chi connectivity index (χ2v) is 1.95. The Kier molecular flexibility index (Phi) is 4.39. The van der Waals surface area contributed by atoms with Crippen LogP contribution in [-0.4, -0.2) is 42.2 Å². The highest BCUT2D eigenvalue weighted by atomic mass is 19.4. The highest BCUT2D eigenvalue weighted by Gasteiger charge is 2.38. The van der Waals surface area contributed by atoms with Crippen LogP contribution in [0.4, 0.5) is 13.2 Å². The molecule has 11 heavy (non-hydrogen) atoms. The van der Waals surface area contributed by atoms with Gasteiger partial charge in [-0.3, -0.25) is 0 Å². The monoisotopic (exact) mass is 173 g/mol. The number of hydrogen-bond acceptors (Lipinski definition) is 3. The third-order valence-corrected chi connectivity index (χ3v) is 1.08. The second kappa shape index (κ2) is 4.53. The van der Waals surface area contributed by atoms with Gasteiger partial charge in [-0.05, 0) is 0 Å². The molecule has 1 unspecified atom stereocenters. The van der Waals surface area contributed by atoms with Gasteiger partial charge in [0.25, 0.3) is 0 Å². The maximum atomic E-state index is 11.7. The molecule has 0 rings (SSSR count). The average molecular weight is 173 g/mol. The first-order chi connectivity index (χ1) is 5.02. The highest BCUT2D eigenvalue weighted by Crippen LogP contribution is 2.19. The minimum Gasteiger partial charge on any atom is -0.395 e. The molecule has 0 radical (unpaired) electrons. The SMILES string of the molecule is OCCNC(CO)C(F)(F)F. The van der Waals surface area contributed by atoms with Gasteiger partial charge in [0.1, 0.15) is 6.04 Å². The summed E-state index contributed by atoms with van der Waals surface area (Å²) in [6.45, 7) is -1.57. The number of halogens is 3. The van der Waals surface area contributed by atoms with E-state index in [0.717, 1.165) is 0 Å². The third-order valence-electron chi connectivity index (χ3n) is 1.08. The van der Waals surface area contributed by atoms with Gasteiger partial charge in [0.05, 0.1) is 13.2 Å². The van der Waals surface area contributed by atoms with Crippen LogP contribution in [0.5, 0.6) is 0 Å². The molecule has 3 nitrogen and oxygen atoms in total. The molecule has 0 aliphatic carbocycles. The predicted octanol–water partition coefficient (Wildman–Crippen LogP) is -0.509. The maximum absolute atomic E-state index is 11.7. The zero-order chi connectivity index (χ0) is 8.91. The van der Waals surface area contributed by atoms with Crippen molar-refractivity contribution in [1.82, 2.24) is 5.32 Å². The van der Waals surface area contributed by atoms with E-state index < -0.39 is 18.8 Å². The molecule has 0 amide bonds. The molecular formula is C5H10F3NO2. The molecule has 0 saturated carbocycles. The van der Waals surface area contributed by atoms with Crippen LogP contribution in [-0.2, 0) is 0 Å². The van der Waals surface area contributed by atoms with Crippen LogP contribution in [0.25, 0.3) is 0 Å². The Morgan fingerprint density at radius 3 is 2.09 bits per heavy atom. The van der Waals surface area contributed by atoms with Gasteiger partial charge < -0.3 is 15.5 Å². The summed E-state index contributed by atoms with van der Waals surface area (Å²) in [5.74, 6) is 0. The Balaban J connectivity index is 3.76. The van der Waals surface area contributed by atoms with Crippen LogP contribution in [0.2, 0.25) is 0 Å². The van der Waals surface area contributed by atoms with E-state index in [1.54, 1.807) is 0 Å². The van der Waals surface area contributed by atoms with E-state index in [0.29, 0.717) is 0 Å². The van der Waals surface area contributed by atoms with Crippen molar-refractivity contribution in [3.8, 4) is 0 Å². The second-order valence-electron chi connectivity index (χ2n) is 1.95. The van der Waals surface area contributed by atoms with Crippen molar-refractivity contribution in [3.63, 3.8) is 0 Å². The van der Waals surface area contributed by atoms with Crippen molar-refractivity contribution in [2.24, 2.45) is 0 Å². The van der Waals surface area contributed by atoms with Crippen LogP contribution >= 0.6 is 0 Å². The van der Waals surface area contributed by atoms with E-state index in [1.165, 1.54) is 0 Å². The molecule has 0 fully saturated rings. The lowest BCUT2D eigenvalue weighted by Gasteiger charge is -2.18. The van der Waals surface area contributed by atoms with Crippen molar-refractivity contribution in [1.29, 1.82) is 0 Å². The van der Waals surface area contributed by atoms with E-state index in [9.17, 15) is 13.2 Å². The number of aliphatic hydroxyl groups is 2. The van der Waals surface area contributed by atoms with Crippen LogP contribution < -0.4 is 5.32 Å². The molecule has 68 valence electrons. The first-order valence-electron chi connectivity index (χ1n) is 3.04. The van der Waals surface area contributed by atoms with Gasteiger partial charge in [-0.15, -0.1) is 0 Å². The van der Waals surface area contributed by atoms with E-state index in [2.05, 4.69) is 0 Å².